The van der Waals surface area contributed by atoms with E-state index < -0.39 is 6.04 Å². The molecular formula is C13H27N3O2. The predicted molar refractivity (Wildman–Crippen MR) is 73.0 cm³/mol. The normalized spacial score (nSPS) is 13.0. The summed E-state index contributed by atoms with van der Waals surface area (Å²) in [4.78, 5) is 25.2. The van der Waals surface area contributed by atoms with Crippen LogP contribution in [0.15, 0.2) is 0 Å². The summed E-state index contributed by atoms with van der Waals surface area (Å²) < 4.78 is 0. The Morgan fingerprint density at radius 1 is 1.22 bits per heavy atom. The van der Waals surface area contributed by atoms with Crippen LogP contribution >= 0.6 is 0 Å². The van der Waals surface area contributed by atoms with Gasteiger partial charge in [-0.25, -0.2) is 0 Å². The van der Waals surface area contributed by atoms with E-state index in [0.717, 1.165) is 0 Å². The van der Waals surface area contributed by atoms with E-state index in [4.69, 9.17) is 5.73 Å². The van der Waals surface area contributed by atoms with Gasteiger partial charge in [-0.2, -0.15) is 0 Å². The van der Waals surface area contributed by atoms with E-state index in [2.05, 4.69) is 5.32 Å². The van der Waals surface area contributed by atoms with Gasteiger partial charge in [0.05, 0.1) is 6.04 Å². The molecule has 18 heavy (non-hydrogen) atoms. The summed E-state index contributed by atoms with van der Waals surface area (Å²) in [6, 6.07) is -0.555. The van der Waals surface area contributed by atoms with Gasteiger partial charge in [0.25, 0.3) is 0 Å². The van der Waals surface area contributed by atoms with Crippen LogP contribution in [0, 0.1) is 5.41 Å². The molecule has 0 fully saturated rings. The first kappa shape index (κ1) is 16.9. The van der Waals surface area contributed by atoms with E-state index >= 15 is 0 Å². The summed E-state index contributed by atoms with van der Waals surface area (Å²) in [5.41, 5.74) is 5.55. The Labute approximate surface area is 110 Å². The lowest BCUT2D eigenvalue weighted by Gasteiger charge is -2.26. The monoisotopic (exact) mass is 257 g/mol. The fraction of sp³-hybridized carbons (Fsp3) is 0.846. The van der Waals surface area contributed by atoms with Crippen molar-refractivity contribution in [1.29, 1.82) is 0 Å². The molecule has 0 radical (unpaired) electrons. The molecule has 0 aromatic heterocycles. The Hall–Kier alpha value is -1.10. The van der Waals surface area contributed by atoms with Crippen LogP contribution in [0.2, 0.25) is 0 Å². The van der Waals surface area contributed by atoms with Gasteiger partial charge in [0.15, 0.2) is 0 Å². The number of hydrogen-bond donors (Lipinski definition) is 2. The maximum absolute atomic E-state index is 11.7. The van der Waals surface area contributed by atoms with E-state index in [0.29, 0.717) is 26.1 Å². The van der Waals surface area contributed by atoms with Gasteiger partial charge in [-0.1, -0.05) is 20.8 Å². The van der Waals surface area contributed by atoms with Crippen LogP contribution in [0.1, 0.15) is 41.0 Å². The van der Waals surface area contributed by atoms with Crippen molar-refractivity contribution in [2.75, 3.05) is 19.6 Å². The van der Waals surface area contributed by atoms with Crippen LogP contribution in [0.3, 0.4) is 0 Å². The molecule has 0 aliphatic heterocycles. The third-order valence-corrected chi connectivity index (χ3v) is 2.97. The summed E-state index contributed by atoms with van der Waals surface area (Å²) in [5.74, 6) is -0.139. The molecule has 5 nitrogen and oxygen atoms in total. The van der Waals surface area contributed by atoms with Gasteiger partial charge >= 0.3 is 0 Å². The maximum atomic E-state index is 11.7. The van der Waals surface area contributed by atoms with Crippen molar-refractivity contribution in [3.63, 3.8) is 0 Å². The second-order valence-corrected chi connectivity index (χ2v) is 5.45. The smallest absolute Gasteiger partial charge is 0.237 e. The summed E-state index contributed by atoms with van der Waals surface area (Å²) in [5, 5.41) is 2.71. The fourth-order valence-corrected chi connectivity index (χ4v) is 1.53. The predicted octanol–water partition coefficient (Wildman–Crippen LogP) is 0.735. The Morgan fingerprint density at radius 2 is 1.72 bits per heavy atom. The van der Waals surface area contributed by atoms with Gasteiger partial charge in [0, 0.05) is 26.1 Å². The summed E-state index contributed by atoms with van der Waals surface area (Å²) in [6.07, 6.45) is 0.324. The van der Waals surface area contributed by atoms with Gasteiger partial charge in [-0.05, 0) is 19.3 Å². The minimum Gasteiger partial charge on any atom is -0.354 e. The van der Waals surface area contributed by atoms with E-state index in [-0.39, 0.29) is 17.2 Å². The van der Waals surface area contributed by atoms with Crippen molar-refractivity contribution in [2.24, 2.45) is 11.1 Å². The number of carbonyl (C=O) groups excluding carboxylic acids is 2. The molecule has 3 N–H and O–H groups in total. The van der Waals surface area contributed by atoms with Crippen LogP contribution in [0.4, 0.5) is 0 Å². The highest BCUT2D eigenvalue weighted by Crippen LogP contribution is 2.16. The van der Waals surface area contributed by atoms with Gasteiger partial charge in [-0.3, -0.25) is 9.59 Å². The quantitative estimate of drug-likeness (QED) is 0.736. The third-order valence-electron chi connectivity index (χ3n) is 2.97. The van der Waals surface area contributed by atoms with Crippen molar-refractivity contribution >= 4 is 11.8 Å². The van der Waals surface area contributed by atoms with Crippen molar-refractivity contribution in [1.82, 2.24) is 10.2 Å². The van der Waals surface area contributed by atoms with Crippen molar-refractivity contribution < 1.29 is 9.59 Å². The molecule has 0 rings (SSSR count). The Morgan fingerprint density at radius 3 is 2.11 bits per heavy atom. The van der Waals surface area contributed by atoms with Crippen LogP contribution in [-0.2, 0) is 9.59 Å². The molecule has 5 heteroatoms. The van der Waals surface area contributed by atoms with Gasteiger partial charge in [0.2, 0.25) is 11.8 Å². The molecule has 0 unspecified atom stereocenters. The zero-order valence-corrected chi connectivity index (χ0v) is 12.2. The number of nitrogens with one attached hydrogen (secondary N) is 1. The Balaban J connectivity index is 4.06. The molecule has 0 aromatic carbocycles. The van der Waals surface area contributed by atoms with Crippen LogP contribution in [0.25, 0.3) is 0 Å². The molecule has 0 saturated heterocycles. The molecule has 0 aliphatic rings. The van der Waals surface area contributed by atoms with E-state index in [9.17, 15) is 9.59 Å². The van der Waals surface area contributed by atoms with Crippen LogP contribution in [-0.4, -0.2) is 42.4 Å². The average Bonchev–Trinajstić information content (AvgIpc) is 2.28. The van der Waals surface area contributed by atoms with Crippen molar-refractivity contribution in [3.05, 3.63) is 0 Å². The van der Waals surface area contributed by atoms with Crippen LogP contribution < -0.4 is 11.1 Å². The summed E-state index contributed by atoms with van der Waals surface area (Å²) in [7, 11) is 0. The van der Waals surface area contributed by atoms with Crippen molar-refractivity contribution in [2.45, 2.75) is 47.1 Å². The lowest BCUT2D eigenvalue weighted by molar-refractivity contribution is -0.131. The lowest BCUT2D eigenvalue weighted by Crippen LogP contribution is -2.49. The molecule has 0 spiro atoms. The SMILES string of the molecule is CCN(CC)C(=O)CCNC(=O)[C@@H](N)C(C)(C)C. The lowest BCUT2D eigenvalue weighted by atomic mass is 9.87. The number of hydrogen-bond acceptors (Lipinski definition) is 3. The number of amides is 2. The zero-order valence-electron chi connectivity index (χ0n) is 12.2. The average molecular weight is 257 g/mol. The third kappa shape index (κ3) is 5.49. The topological polar surface area (TPSA) is 75.4 Å². The van der Waals surface area contributed by atoms with E-state index in [1.807, 2.05) is 34.6 Å². The first-order valence-corrected chi connectivity index (χ1v) is 6.55. The minimum atomic E-state index is -0.555. The Bertz CT molecular complexity index is 280. The maximum Gasteiger partial charge on any atom is 0.237 e. The van der Waals surface area contributed by atoms with E-state index in [1.165, 1.54) is 0 Å². The highest BCUT2D eigenvalue weighted by Gasteiger charge is 2.27. The largest absolute Gasteiger partial charge is 0.354 e. The molecule has 106 valence electrons. The first-order valence-electron chi connectivity index (χ1n) is 6.55. The highest BCUT2D eigenvalue weighted by molar-refractivity contribution is 5.83. The standard InChI is InChI=1S/C13H27N3O2/c1-6-16(7-2)10(17)8-9-15-12(18)11(14)13(3,4)5/h11H,6-9,14H2,1-5H3,(H,15,18)/t11-/m1/s1. The zero-order chi connectivity index (χ0) is 14.3. The number of carbonyl (C=O) groups is 2. The molecule has 0 heterocycles. The van der Waals surface area contributed by atoms with Crippen molar-refractivity contribution in [3.8, 4) is 0 Å². The van der Waals surface area contributed by atoms with Gasteiger partial charge in [0.1, 0.15) is 0 Å². The molecule has 0 aliphatic carbocycles. The fourth-order valence-electron chi connectivity index (χ4n) is 1.53. The second-order valence-electron chi connectivity index (χ2n) is 5.45. The number of nitrogens with zero attached hydrogens (tertiary/aromatic N) is 1. The highest BCUT2D eigenvalue weighted by atomic mass is 16.2. The van der Waals surface area contributed by atoms with Crippen LogP contribution in [0.5, 0.6) is 0 Å². The first-order chi connectivity index (χ1) is 8.23. The summed E-state index contributed by atoms with van der Waals surface area (Å²) in [6.45, 7) is 11.4. The minimum absolute atomic E-state index is 0.0598. The molecule has 1 atom stereocenters. The number of rotatable bonds is 6. The van der Waals surface area contributed by atoms with E-state index in [1.54, 1.807) is 4.90 Å². The molecule has 0 saturated carbocycles. The molecule has 0 aromatic rings. The Kier molecular flexibility index (Phi) is 6.91. The second kappa shape index (κ2) is 7.36. The molecule has 2 amide bonds. The number of nitrogens with two attached hydrogens (primary N) is 1. The summed E-state index contributed by atoms with van der Waals surface area (Å²) >= 11 is 0. The molecular weight excluding hydrogens is 230 g/mol. The van der Waals surface area contributed by atoms with Gasteiger partial charge in [-0.15, -0.1) is 0 Å². The van der Waals surface area contributed by atoms with Gasteiger partial charge < -0.3 is 16.0 Å². The molecule has 0 bridgehead atoms.